The number of thiophene rings is 1. The van der Waals surface area contributed by atoms with Gasteiger partial charge in [-0.3, -0.25) is 5.41 Å². The molecule has 2 amide bonds. The quantitative estimate of drug-likeness (QED) is 0.332. The molecule has 3 aliphatic heterocycles. The standard InChI is InChI=1S/C28H35F2N5O2S.H2/c1-17-5-6-25(38-17)20-14-18-4-3-10-35(24(18)15-21(20)26(29)30)27(31)22-16-34(28(36)32-2)11-7-23(22)33-19-8-12-37-13-9-19;/h5-6,14-15,19,26,31,33H,3-4,7-13,16H2,1-2H3,(H,32,36);1H. The normalized spacial score (nSPS) is 18.6. The largest absolute Gasteiger partial charge is 0.385 e. The molecule has 206 valence electrons. The highest BCUT2D eigenvalue weighted by Crippen LogP contribution is 2.41. The van der Waals surface area contributed by atoms with Gasteiger partial charge in [-0.15, -0.1) is 11.3 Å². The summed E-state index contributed by atoms with van der Waals surface area (Å²) in [6.45, 7) is 4.79. The van der Waals surface area contributed by atoms with Gasteiger partial charge in [-0.05, 0) is 62.4 Å². The van der Waals surface area contributed by atoms with Crippen molar-refractivity contribution in [2.45, 2.75) is 51.5 Å². The predicted octanol–water partition coefficient (Wildman–Crippen LogP) is 5.70. The minimum atomic E-state index is -2.63. The van der Waals surface area contributed by atoms with Gasteiger partial charge in [0.25, 0.3) is 6.43 Å². The van der Waals surface area contributed by atoms with Crippen LogP contribution in [0.2, 0.25) is 0 Å². The van der Waals surface area contributed by atoms with Gasteiger partial charge in [0.15, 0.2) is 0 Å². The SMILES string of the molecule is CNC(=O)N1CCC(NC2CCOCC2)=C(C(=N)N2CCCc3cc(-c4ccc(C)s4)c(C(F)F)cc32)C1.[HH]. The van der Waals surface area contributed by atoms with Gasteiger partial charge < -0.3 is 25.2 Å². The zero-order valence-electron chi connectivity index (χ0n) is 21.9. The molecule has 0 atom stereocenters. The van der Waals surface area contributed by atoms with Gasteiger partial charge >= 0.3 is 6.03 Å². The number of amides is 2. The second kappa shape index (κ2) is 11.4. The van der Waals surface area contributed by atoms with Gasteiger partial charge in [0, 0.05) is 85.1 Å². The molecule has 0 unspecified atom stereocenters. The summed E-state index contributed by atoms with van der Waals surface area (Å²) in [7, 11) is 1.60. The number of aryl methyl sites for hydroxylation is 2. The van der Waals surface area contributed by atoms with Gasteiger partial charge in [-0.2, -0.15) is 0 Å². The lowest BCUT2D eigenvalue weighted by molar-refractivity contribution is 0.0798. The Morgan fingerprint density at radius 1 is 1.21 bits per heavy atom. The number of ether oxygens (including phenoxy) is 1. The van der Waals surface area contributed by atoms with E-state index >= 15 is 0 Å². The summed E-state index contributed by atoms with van der Waals surface area (Å²) in [5.41, 5.74) is 3.93. The van der Waals surface area contributed by atoms with Crippen LogP contribution in [0.3, 0.4) is 0 Å². The van der Waals surface area contributed by atoms with Crippen LogP contribution >= 0.6 is 11.3 Å². The Labute approximate surface area is 227 Å². The van der Waals surface area contributed by atoms with Gasteiger partial charge in [-0.25, -0.2) is 13.6 Å². The summed E-state index contributed by atoms with van der Waals surface area (Å²) in [5, 5.41) is 15.6. The van der Waals surface area contributed by atoms with Crippen molar-refractivity contribution >= 4 is 28.9 Å². The zero-order chi connectivity index (χ0) is 26.8. The number of benzene rings is 1. The van der Waals surface area contributed by atoms with E-state index in [-0.39, 0.29) is 24.9 Å². The Kier molecular flexibility index (Phi) is 7.99. The van der Waals surface area contributed by atoms with Crippen LogP contribution in [0.5, 0.6) is 0 Å². The molecule has 10 heteroatoms. The highest BCUT2D eigenvalue weighted by molar-refractivity contribution is 7.15. The van der Waals surface area contributed by atoms with E-state index in [4.69, 9.17) is 4.74 Å². The number of carbonyl (C=O) groups is 1. The maximum Gasteiger partial charge on any atom is 0.317 e. The third-order valence-corrected chi connectivity index (χ3v) is 8.65. The molecule has 0 radical (unpaired) electrons. The molecule has 0 saturated carbocycles. The Balaban J connectivity index is 0.00000353. The van der Waals surface area contributed by atoms with Crippen molar-refractivity contribution in [3.05, 3.63) is 51.5 Å². The van der Waals surface area contributed by atoms with Crippen LogP contribution in [0.4, 0.5) is 19.3 Å². The molecular formula is C28H37F2N5O2S. The lowest BCUT2D eigenvalue weighted by Gasteiger charge is -2.38. The number of halogens is 2. The van der Waals surface area contributed by atoms with Crippen LogP contribution < -0.4 is 15.5 Å². The molecular weight excluding hydrogens is 508 g/mol. The highest BCUT2D eigenvalue weighted by atomic mass is 32.1. The monoisotopic (exact) mass is 545 g/mol. The van der Waals surface area contributed by atoms with Crippen molar-refractivity contribution in [3.8, 4) is 10.4 Å². The first-order valence-corrected chi connectivity index (χ1v) is 14.1. The molecule has 4 heterocycles. The maximum absolute atomic E-state index is 14.3. The summed E-state index contributed by atoms with van der Waals surface area (Å²) in [4.78, 5) is 18.0. The third kappa shape index (κ3) is 5.42. The molecule has 7 nitrogen and oxygen atoms in total. The van der Waals surface area contributed by atoms with Crippen molar-refractivity contribution in [2.24, 2.45) is 0 Å². The van der Waals surface area contributed by atoms with Crippen LogP contribution in [0, 0.1) is 12.3 Å². The first kappa shape index (κ1) is 26.6. The average molecular weight is 546 g/mol. The van der Waals surface area contributed by atoms with Crippen LogP contribution in [0.25, 0.3) is 10.4 Å². The Morgan fingerprint density at radius 3 is 2.68 bits per heavy atom. The molecule has 5 rings (SSSR count). The molecule has 1 aromatic heterocycles. The van der Waals surface area contributed by atoms with Crippen LogP contribution in [-0.4, -0.2) is 62.7 Å². The first-order valence-electron chi connectivity index (χ1n) is 13.3. The van der Waals surface area contributed by atoms with E-state index in [9.17, 15) is 19.0 Å². The summed E-state index contributed by atoms with van der Waals surface area (Å²) < 4.78 is 34.2. The smallest absolute Gasteiger partial charge is 0.317 e. The molecule has 0 bridgehead atoms. The third-order valence-electron chi connectivity index (χ3n) is 7.61. The van der Waals surface area contributed by atoms with E-state index < -0.39 is 6.43 Å². The number of urea groups is 1. The summed E-state index contributed by atoms with van der Waals surface area (Å²) >= 11 is 1.52. The summed E-state index contributed by atoms with van der Waals surface area (Å²) in [6, 6.07) is 7.42. The van der Waals surface area contributed by atoms with Crippen molar-refractivity contribution in [1.29, 1.82) is 5.41 Å². The molecule has 1 fully saturated rings. The van der Waals surface area contributed by atoms with E-state index in [1.807, 2.05) is 30.0 Å². The van der Waals surface area contributed by atoms with E-state index in [0.717, 1.165) is 52.3 Å². The topological polar surface area (TPSA) is 80.7 Å². The van der Waals surface area contributed by atoms with Gasteiger partial charge in [0.05, 0.1) is 6.54 Å². The molecule has 38 heavy (non-hydrogen) atoms. The van der Waals surface area contributed by atoms with Crippen LogP contribution in [-0.2, 0) is 11.2 Å². The highest BCUT2D eigenvalue weighted by Gasteiger charge is 2.32. The Morgan fingerprint density at radius 2 is 2.00 bits per heavy atom. The number of alkyl halides is 2. The average Bonchev–Trinajstić information content (AvgIpc) is 3.38. The van der Waals surface area contributed by atoms with Crippen LogP contribution in [0.1, 0.15) is 49.5 Å². The minimum Gasteiger partial charge on any atom is -0.385 e. The van der Waals surface area contributed by atoms with E-state index in [1.54, 1.807) is 18.0 Å². The molecule has 1 aromatic carbocycles. The lowest BCUT2D eigenvalue weighted by Crippen LogP contribution is -2.48. The van der Waals surface area contributed by atoms with Crippen molar-refractivity contribution < 1.29 is 19.7 Å². The second-order valence-corrected chi connectivity index (χ2v) is 11.4. The van der Waals surface area contributed by atoms with Crippen LogP contribution in [0.15, 0.2) is 35.5 Å². The second-order valence-electron chi connectivity index (χ2n) is 10.1. The van der Waals surface area contributed by atoms with Crippen molar-refractivity contribution in [1.82, 2.24) is 15.5 Å². The lowest BCUT2D eigenvalue weighted by atomic mass is 9.93. The fraction of sp³-hybridized carbons (Fsp3) is 0.500. The number of anilines is 1. The molecule has 0 spiro atoms. The number of nitrogens with zero attached hydrogens (tertiary/aromatic N) is 2. The Hall–Kier alpha value is -2.98. The van der Waals surface area contributed by atoms with Gasteiger partial charge in [0.2, 0.25) is 0 Å². The number of nitrogens with one attached hydrogen (secondary N) is 3. The molecule has 3 N–H and O–H groups in total. The van der Waals surface area contributed by atoms with Gasteiger partial charge in [0.1, 0.15) is 5.84 Å². The van der Waals surface area contributed by atoms with Gasteiger partial charge in [-0.1, -0.05) is 0 Å². The summed E-state index contributed by atoms with van der Waals surface area (Å²) in [6.07, 6.45) is 1.36. The Bertz CT molecular complexity index is 1240. The number of amidine groups is 1. The fourth-order valence-corrected chi connectivity index (χ4v) is 6.48. The van der Waals surface area contributed by atoms with E-state index in [1.165, 1.54) is 11.3 Å². The number of hydrogen-bond acceptors (Lipinski definition) is 5. The summed E-state index contributed by atoms with van der Waals surface area (Å²) in [5.74, 6) is 0.272. The number of hydrogen-bond donors (Lipinski definition) is 3. The number of rotatable bonds is 5. The van der Waals surface area contributed by atoms with Crippen molar-refractivity contribution in [2.75, 3.05) is 44.8 Å². The number of fused-ring (bicyclic) bond motifs is 1. The predicted molar refractivity (Wildman–Crippen MR) is 150 cm³/mol. The minimum absolute atomic E-state index is 0. The fourth-order valence-electron chi connectivity index (χ4n) is 5.58. The molecule has 1 saturated heterocycles. The number of carbonyl (C=O) groups excluding carboxylic acids is 1. The maximum atomic E-state index is 14.3. The van der Waals surface area contributed by atoms with E-state index in [2.05, 4.69) is 10.6 Å². The van der Waals surface area contributed by atoms with Crippen molar-refractivity contribution in [3.63, 3.8) is 0 Å². The first-order chi connectivity index (χ1) is 18.4. The molecule has 0 aliphatic carbocycles. The molecule has 3 aliphatic rings. The zero-order valence-corrected chi connectivity index (χ0v) is 22.7. The molecule has 2 aromatic rings. The van der Waals surface area contributed by atoms with E-state index in [0.29, 0.717) is 50.5 Å².